The molecule has 1 aliphatic rings. The average molecular weight is 317 g/mol. The predicted octanol–water partition coefficient (Wildman–Crippen LogP) is 1.86. The van der Waals surface area contributed by atoms with Gasteiger partial charge in [0.1, 0.15) is 0 Å². The van der Waals surface area contributed by atoms with E-state index in [2.05, 4.69) is 15.0 Å². The summed E-state index contributed by atoms with van der Waals surface area (Å²) in [5, 5.41) is 13.0. The summed E-state index contributed by atoms with van der Waals surface area (Å²) in [6, 6.07) is 5.53. The molecular weight excluding hydrogens is 299 g/mol. The van der Waals surface area contributed by atoms with Crippen molar-refractivity contribution in [1.82, 2.24) is 9.80 Å². The van der Waals surface area contributed by atoms with Crippen molar-refractivity contribution in [2.24, 2.45) is 10.9 Å². The number of hydrogen-bond acceptors (Lipinski definition) is 4. The molecule has 0 amide bonds. The fourth-order valence-corrected chi connectivity index (χ4v) is 2.64. The van der Waals surface area contributed by atoms with Crippen molar-refractivity contribution in [1.29, 1.82) is 0 Å². The summed E-state index contributed by atoms with van der Waals surface area (Å²) in [5.74, 6) is 0.247. The van der Waals surface area contributed by atoms with Crippen molar-refractivity contribution < 1.29 is 5.21 Å². The first-order valence-electron chi connectivity index (χ1n) is 6.43. The molecule has 110 valence electrons. The highest BCUT2D eigenvalue weighted by Gasteiger charge is 2.18. The van der Waals surface area contributed by atoms with Crippen LogP contribution >= 0.6 is 23.2 Å². The van der Waals surface area contributed by atoms with Crippen LogP contribution in [0.5, 0.6) is 0 Å². The first kappa shape index (κ1) is 15.4. The van der Waals surface area contributed by atoms with Gasteiger partial charge in [0.25, 0.3) is 0 Å². The molecule has 1 saturated heterocycles. The minimum absolute atomic E-state index is 0.247. The Labute approximate surface area is 128 Å². The average Bonchev–Trinajstić information content (AvgIpc) is 2.45. The van der Waals surface area contributed by atoms with E-state index >= 15 is 0 Å². The lowest BCUT2D eigenvalue weighted by Crippen LogP contribution is -2.48. The lowest BCUT2D eigenvalue weighted by Gasteiger charge is -2.34. The van der Waals surface area contributed by atoms with Gasteiger partial charge < -0.3 is 10.9 Å². The molecular formula is C13H18Cl2N4O. The number of piperazine rings is 1. The standard InChI is InChI=1S/C13H18Cl2N4O/c14-11-1-2-12(15)10(7-11)8-18-3-5-19(6-4-18)9-13(16)17-20/h1-2,7,20H,3-6,8-9H2,(H2,16,17). The number of rotatable bonds is 4. The molecule has 2 rings (SSSR count). The molecule has 20 heavy (non-hydrogen) atoms. The number of halogens is 2. The van der Waals surface area contributed by atoms with E-state index in [0.717, 1.165) is 43.3 Å². The minimum atomic E-state index is 0.247. The number of nitrogens with zero attached hydrogens (tertiary/aromatic N) is 3. The third-order valence-corrected chi connectivity index (χ3v) is 3.98. The smallest absolute Gasteiger partial charge is 0.153 e. The molecule has 0 atom stereocenters. The highest BCUT2D eigenvalue weighted by atomic mass is 35.5. The molecule has 1 aromatic rings. The van der Waals surface area contributed by atoms with E-state index in [-0.39, 0.29) is 5.84 Å². The Kier molecular flexibility index (Phi) is 5.48. The van der Waals surface area contributed by atoms with Gasteiger partial charge in [0.2, 0.25) is 0 Å². The summed E-state index contributed by atoms with van der Waals surface area (Å²) in [4.78, 5) is 4.48. The number of hydrogen-bond donors (Lipinski definition) is 2. The Balaban J connectivity index is 1.87. The molecule has 0 spiro atoms. The molecule has 3 N–H and O–H groups in total. The molecule has 1 aliphatic heterocycles. The van der Waals surface area contributed by atoms with Gasteiger partial charge in [0, 0.05) is 42.8 Å². The van der Waals surface area contributed by atoms with Crippen molar-refractivity contribution in [2.75, 3.05) is 32.7 Å². The lowest BCUT2D eigenvalue weighted by atomic mass is 10.2. The maximum absolute atomic E-state index is 8.57. The van der Waals surface area contributed by atoms with Crippen LogP contribution in [0.3, 0.4) is 0 Å². The lowest BCUT2D eigenvalue weighted by molar-refractivity contribution is 0.139. The largest absolute Gasteiger partial charge is 0.409 e. The topological polar surface area (TPSA) is 65.1 Å². The van der Waals surface area contributed by atoms with Crippen LogP contribution < -0.4 is 5.73 Å². The van der Waals surface area contributed by atoms with Crippen LogP contribution in [-0.2, 0) is 6.54 Å². The van der Waals surface area contributed by atoms with E-state index in [1.165, 1.54) is 0 Å². The van der Waals surface area contributed by atoms with E-state index < -0.39 is 0 Å². The van der Waals surface area contributed by atoms with Gasteiger partial charge in [-0.1, -0.05) is 28.4 Å². The summed E-state index contributed by atoms with van der Waals surface area (Å²) in [5.41, 5.74) is 6.56. The third kappa shape index (κ3) is 4.24. The van der Waals surface area contributed by atoms with Gasteiger partial charge in [-0.2, -0.15) is 0 Å². The second kappa shape index (κ2) is 7.13. The molecule has 7 heteroatoms. The summed E-state index contributed by atoms with van der Waals surface area (Å²) in [6.07, 6.45) is 0. The normalized spacial score (nSPS) is 18.4. The van der Waals surface area contributed by atoms with Gasteiger partial charge in [-0.15, -0.1) is 0 Å². The van der Waals surface area contributed by atoms with Crippen LogP contribution in [-0.4, -0.2) is 53.6 Å². The molecule has 0 bridgehead atoms. The number of benzene rings is 1. The van der Waals surface area contributed by atoms with E-state index in [1.807, 2.05) is 12.1 Å². The van der Waals surface area contributed by atoms with Crippen molar-refractivity contribution in [2.45, 2.75) is 6.54 Å². The highest BCUT2D eigenvalue weighted by Crippen LogP contribution is 2.22. The zero-order valence-corrected chi connectivity index (χ0v) is 12.6. The van der Waals surface area contributed by atoms with Gasteiger partial charge >= 0.3 is 0 Å². The molecule has 0 aromatic heterocycles. The fourth-order valence-electron chi connectivity index (χ4n) is 2.27. The van der Waals surface area contributed by atoms with E-state index in [1.54, 1.807) is 6.07 Å². The van der Waals surface area contributed by atoms with Crippen molar-refractivity contribution >= 4 is 29.0 Å². The first-order chi connectivity index (χ1) is 9.58. The molecule has 1 heterocycles. The maximum Gasteiger partial charge on any atom is 0.153 e. The maximum atomic E-state index is 8.57. The molecule has 0 saturated carbocycles. The minimum Gasteiger partial charge on any atom is -0.409 e. The predicted molar refractivity (Wildman–Crippen MR) is 81.6 cm³/mol. The molecule has 0 aliphatic carbocycles. The zero-order valence-electron chi connectivity index (χ0n) is 11.1. The second-order valence-electron chi connectivity index (χ2n) is 4.88. The fraction of sp³-hybridized carbons (Fsp3) is 0.462. The van der Waals surface area contributed by atoms with Crippen LogP contribution in [0.2, 0.25) is 10.0 Å². The molecule has 0 radical (unpaired) electrons. The van der Waals surface area contributed by atoms with E-state index in [0.29, 0.717) is 11.6 Å². The number of oxime groups is 1. The van der Waals surface area contributed by atoms with E-state index in [9.17, 15) is 0 Å². The number of nitrogens with two attached hydrogens (primary N) is 1. The van der Waals surface area contributed by atoms with Gasteiger partial charge in [-0.3, -0.25) is 9.80 Å². The first-order valence-corrected chi connectivity index (χ1v) is 7.19. The van der Waals surface area contributed by atoms with Crippen LogP contribution in [0.4, 0.5) is 0 Å². The molecule has 1 fully saturated rings. The SMILES string of the molecule is NC(CN1CCN(Cc2cc(Cl)ccc2Cl)CC1)=NO. The molecule has 0 unspecified atom stereocenters. The van der Waals surface area contributed by atoms with Crippen molar-refractivity contribution in [3.05, 3.63) is 33.8 Å². The van der Waals surface area contributed by atoms with Gasteiger partial charge in [0.15, 0.2) is 5.84 Å². The quantitative estimate of drug-likeness (QED) is 0.385. The third-order valence-electron chi connectivity index (χ3n) is 3.38. The van der Waals surface area contributed by atoms with Gasteiger partial charge in [-0.05, 0) is 23.8 Å². The van der Waals surface area contributed by atoms with Gasteiger partial charge in [0.05, 0.1) is 6.54 Å². The van der Waals surface area contributed by atoms with Crippen molar-refractivity contribution in [3.8, 4) is 0 Å². The van der Waals surface area contributed by atoms with Crippen LogP contribution in [0.15, 0.2) is 23.4 Å². The monoisotopic (exact) mass is 316 g/mol. The van der Waals surface area contributed by atoms with Crippen LogP contribution in [0.25, 0.3) is 0 Å². The molecule has 1 aromatic carbocycles. The number of amidine groups is 1. The van der Waals surface area contributed by atoms with Gasteiger partial charge in [-0.25, -0.2) is 0 Å². The Hall–Kier alpha value is -1.01. The Morgan fingerprint density at radius 2 is 1.85 bits per heavy atom. The van der Waals surface area contributed by atoms with Crippen LogP contribution in [0, 0.1) is 0 Å². The Morgan fingerprint density at radius 1 is 1.20 bits per heavy atom. The second-order valence-corrected chi connectivity index (χ2v) is 5.72. The Morgan fingerprint density at radius 3 is 2.50 bits per heavy atom. The molecule has 5 nitrogen and oxygen atoms in total. The zero-order chi connectivity index (χ0) is 14.5. The Bertz CT molecular complexity index is 487. The highest BCUT2D eigenvalue weighted by molar-refractivity contribution is 6.33. The summed E-state index contributed by atoms with van der Waals surface area (Å²) in [6.45, 7) is 4.89. The summed E-state index contributed by atoms with van der Waals surface area (Å²) >= 11 is 12.2. The van der Waals surface area contributed by atoms with Crippen molar-refractivity contribution in [3.63, 3.8) is 0 Å². The van der Waals surface area contributed by atoms with E-state index in [4.69, 9.17) is 34.1 Å². The van der Waals surface area contributed by atoms with Crippen LogP contribution in [0.1, 0.15) is 5.56 Å². The summed E-state index contributed by atoms with van der Waals surface area (Å²) in [7, 11) is 0. The summed E-state index contributed by atoms with van der Waals surface area (Å²) < 4.78 is 0.